The van der Waals surface area contributed by atoms with Gasteiger partial charge in [0.25, 0.3) is 0 Å². The number of likely N-dealkylation sites (N-methyl/N-ethyl adjacent to an activating group) is 1. The van der Waals surface area contributed by atoms with E-state index in [1.54, 1.807) is 27.8 Å². The average Bonchev–Trinajstić information content (AvgIpc) is 2.44. The Bertz CT molecular complexity index is 414. The fourth-order valence-corrected chi connectivity index (χ4v) is 2.56. The van der Waals surface area contributed by atoms with Gasteiger partial charge in [0.05, 0.1) is 6.54 Å². The Hall–Kier alpha value is -1.34. The van der Waals surface area contributed by atoms with Crippen LogP contribution in [-0.4, -0.2) is 62.6 Å². The van der Waals surface area contributed by atoms with Crippen LogP contribution in [0.2, 0.25) is 0 Å². The van der Waals surface area contributed by atoms with Gasteiger partial charge < -0.3 is 24.4 Å². The number of carbonyl (C=O) groups excluding carboxylic acids is 2. The number of nitrogens with zero attached hydrogens (tertiary/aromatic N) is 1. The van der Waals surface area contributed by atoms with Crippen LogP contribution in [0.1, 0.15) is 46.5 Å². The first-order valence-electron chi connectivity index (χ1n) is 8.46. The molecule has 1 N–H and O–H groups in total. The second-order valence-electron chi connectivity index (χ2n) is 7.35. The molecule has 7 heteroatoms. The lowest BCUT2D eigenvalue weighted by atomic mass is 9.80. The van der Waals surface area contributed by atoms with Gasteiger partial charge in [-0.15, -0.1) is 0 Å². The van der Waals surface area contributed by atoms with Crippen LogP contribution in [0.4, 0.5) is 4.79 Å². The lowest BCUT2D eigenvalue weighted by molar-refractivity contribution is -0.145. The molecule has 0 spiro atoms. The maximum Gasteiger partial charge on any atom is 0.408 e. The molecule has 1 atom stereocenters. The van der Waals surface area contributed by atoms with Gasteiger partial charge in [0.2, 0.25) is 5.91 Å². The highest BCUT2D eigenvalue weighted by Crippen LogP contribution is 2.30. The number of rotatable bonds is 8. The topological polar surface area (TPSA) is 77.1 Å². The number of alkyl carbamates (subject to hydrolysis) is 1. The predicted octanol–water partition coefficient (Wildman–Crippen LogP) is 2.15. The zero-order valence-corrected chi connectivity index (χ0v) is 15.8. The first-order valence-corrected chi connectivity index (χ1v) is 8.46. The number of amides is 2. The minimum Gasteiger partial charge on any atom is -0.444 e. The van der Waals surface area contributed by atoms with Gasteiger partial charge in [-0.25, -0.2) is 4.79 Å². The van der Waals surface area contributed by atoms with Crippen molar-refractivity contribution in [3.8, 4) is 0 Å². The van der Waals surface area contributed by atoms with Crippen molar-refractivity contribution in [1.29, 1.82) is 0 Å². The molecular weight excluding hydrogens is 312 g/mol. The van der Waals surface area contributed by atoms with E-state index in [-0.39, 0.29) is 5.91 Å². The van der Waals surface area contributed by atoms with Crippen molar-refractivity contribution < 1.29 is 23.8 Å². The molecule has 7 nitrogen and oxygen atoms in total. The molecule has 0 heterocycles. The maximum atomic E-state index is 12.7. The van der Waals surface area contributed by atoms with Crippen molar-refractivity contribution in [1.82, 2.24) is 10.2 Å². The summed E-state index contributed by atoms with van der Waals surface area (Å²) in [5.74, 6) is 0.315. The molecule has 2 amide bonds. The van der Waals surface area contributed by atoms with Gasteiger partial charge in [0.1, 0.15) is 11.6 Å². The first kappa shape index (κ1) is 20.7. The number of nitrogens with one attached hydrogen (secondary N) is 1. The first-order chi connectivity index (χ1) is 11.2. The van der Waals surface area contributed by atoms with E-state index < -0.39 is 24.0 Å². The normalized spacial score (nSPS) is 16.5. The predicted molar refractivity (Wildman–Crippen MR) is 90.6 cm³/mol. The van der Waals surface area contributed by atoms with Crippen LogP contribution in [0.15, 0.2) is 0 Å². The van der Waals surface area contributed by atoms with Crippen LogP contribution in [0, 0.1) is 5.92 Å². The summed E-state index contributed by atoms with van der Waals surface area (Å²) in [6.45, 7) is 5.68. The highest BCUT2D eigenvalue weighted by atomic mass is 16.7. The van der Waals surface area contributed by atoms with E-state index in [9.17, 15) is 9.59 Å². The zero-order valence-electron chi connectivity index (χ0n) is 15.8. The summed E-state index contributed by atoms with van der Waals surface area (Å²) in [5, 5.41) is 2.73. The van der Waals surface area contributed by atoms with Gasteiger partial charge in [0, 0.05) is 21.3 Å². The van der Waals surface area contributed by atoms with Crippen molar-refractivity contribution >= 4 is 12.0 Å². The molecule has 0 unspecified atom stereocenters. The minimum absolute atomic E-state index is 0.160. The molecule has 140 valence electrons. The molecule has 1 saturated carbocycles. The van der Waals surface area contributed by atoms with Gasteiger partial charge in [-0.05, 0) is 33.1 Å². The molecule has 0 aliphatic heterocycles. The molecule has 1 aliphatic rings. The zero-order chi connectivity index (χ0) is 18.3. The molecule has 0 aromatic carbocycles. The van der Waals surface area contributed by atoms with Crippen molar-refractivity contribution in [3.63, 3.8) is 0 Å². The van der Waals surface area contributed by atoms with Crippen LogP contribution >= 0.6 is 0 Å². The van der Waals surface area contributed by atoms with Crippen LogP contribution in [-0.2, 0) is 19.0 Å². The van der Waals surface area contributed by atoms with E-state index in [2.05, 4.69) is 5.32 Å². The smallest absolute Gasteiger partial charge is 0.408 e. The van der Waals surface area contributed by atoms with Crippen molar-refractivity contribution in [3.05, 3.63) is 0 Å². The molecule has 0 aromatic heterocycles. The quantitative estimate of drug-likeness (QED) is 0.683. The molecular formula is C17H32N2O5. The highest BCUT2D eigenvalue weighted by molar-refractivity contribution is 5.85. The number of hydrogen-bond acceptors (Lipinski definition) is 5. The van der Waals surface area contributed by atoms with E-state index in [1.807, 2.05) is 0 Å². The Kier molecular flexibility index (Phi) is 7.96. The molecule has 0 saturated heterocycles. The fourth-order valence-electron chi connectivity index (χ4n) is 2.56. The van der Waals surface area contributed by atoms with Crippen LogP contribution in [0.5, 0.6) is 0 Å². The monoisotopic (exact) mass is 344 g/mol. The molecule has 0 bridgehead atoms. The van der Waals surface area contributed by atoms with Crippen molar-refractivity contribution in [2.75, 3.05) is 27.8 Å². The fraction of sp³-hybridized carbons (Fsp3) is 0.882. The second-order valence-corrected chi connectivity index (χ2v) is 7.35. The highest BCUT2D eigenvalue weighted by Gasteiger charge is 2.31. The number of methoxy groups -OCH3 is 2. The molecule has 0 aromatic rings. The molecule has 1 rings (SSSR count). The lowest BCUT2D eigenvalue weighted by Crippen LogP contribution is -2.51. The third-order valence-corrected chi connectivity index (χ3v) is 4.11. The molecule has 1 fully saturated rings. The summed E-state index contributed by atoms with van der Waals surface area (Å²) in [6.07, 6.45) is 2.95. The number of ether oxygens (including phenoxy) is 3. The van der Waals surface area contributed by atoms with Crippen molar-refractivity contribution in [2.45, 2.75) is 64.4 Å². The summed E-state index contributed by atoms with van der Waals surface area (Å²) in [5.41, 5.74) is -0.600. The third kappa shape index (κ3) is 7.05. The summed E-state index contributed by atoms with van der Waals surface area (Å²) in [4.78, 5) is 26.3. The Labute approximate surface area is 145 Å². The molecule has 1 aliphatic carbocycles. The van der Waals surface area contributed by atoms with E-state index in [4.69, 9.17) is 14.2 Å². The van der Waals surface area contributed by atoms with E-state index in [0.29, 0.717) is 18.9 Å². The summed E-state index contributed by atoms with van der Waals surface area (Å²) < 4.78 is 15.5. The molecule has 24 heavy (non-hydrogen) atoms. The van der Waals surface area contributed by atoms with E-state index in [1.165, 1.54) is 25.5 Å². The van der Waals surface area contributed by atoms with Gasteiger partial charge >= 0.3 is 6.09 Å². The number of hydrogen-bond donors (Lipinski definition) is 1. The van der Waals surface area contributed by atoms with Crippen LogP contribution in [0.25, 0.3) is 0 Å². The Balaban J connectivity index is 2.68. The largest absolute Gasteiger partial charge is 0.444 e. The van der Waals surface area contributed by atoms with Gasteiger partial charge in [-0.1, -0.05) is 19.3 Å². The average molecular weight is 344 g/mol. The van der Waals surface area contributed by atoms with Crippen LogP contribution < -0.4 is 5.32 Å². The van der Waals surface area contributed by atoms with E-state index >= 15 is 0 Å². The standard InChI is InChI=1S/C17H32N2O5/c1-17(2,3)24-16(21)18-13(10-12-8-7-9-12)15(20)19(4)11-14(22-5)23-6/h12-14H,7-11H2,1-6H3,(H,18,21)/t13-/m1/s1. The molecule has 0 radical (unpaired) electrons. The third-order valence-electron chi connectivity index (χ3n) is 4.11. The Morgan fingerprint density at radius 3 is 2.21 bits per heavy atom. The second kappa shape index (κ2) is 9.22. The Morgan fingerprint density at radius 1 is 1.21 bits per heavy atom. The maximum absolute atomic E-state index is 12.7. The van der Waals surface area contributed by atoms with Gasteiger partial charge in [0.15, 0.2) is 6.29 Å². The summed E-state index contributed by atoms with van der Waals surface area (Å²) in [7, 11) is 4.73. The SMILES string of the molecule is COC(CN(C)C(=O)[C@@H](CC1CCC1)NC(=O)OC(C)(C)C)OC. The van der Waals surface area contributed by atoms with Crippen molar-refractivity contribution in [2.24, 2.45) is 5.92 Å². The van der Waals surface area contributed by atoms with Gasteiger partial charge in [-0.2, -0.15) is 0 Å². The van der Waals surface area contributed by atoms with Gasteiger partial charge in [-0.3, -0.25) is 4.79 Å². The number of carbonyl (C=O) groups is 2. The van der Waals surface area contributed by atoms with Crippen LogP contribution in [0.3, 0.4) is 0 Å². The lowest BCUT2D eigenvalue weighted by Gasteiger charge is -2.32. The van der Waals surface area contributed by atoms with E-state index in [0.717, 1.165) is 12.8 Å². The minimum atomic E-state index is -0.600. The summed E-state index contributed by atoms with van der Waals surface area (Å²) >= 11 is 0. The Morgan fingerprint density at radius 2 is 1.79 bits per heavy atom. The summed E-state index contributed by atoms with van der Waals surface area (Å²) in [6, 6.07) is -0.593.